The number of rotatable bonds is 7. The first kappa shape index (κ1) is 24.8. The molecule has 0 spiro atoms. The summed E-state index contributed by atoms with van der Waals surface area (Å²) in [6, 6.07) is 13.3. The summed E-state index contributed by atoms with van der Waals surface area (Å²) in [6.45, 7) is 9.68. The highest BCUT2D eigenvalue weighted by molar-refractivity contribution is 6.10. The Kier molecular flexibility index (Phi) is 6.20. The minimum Gasteiger partial charge on any atom is -0.379 e. The maximum Gasteiger partial charge on any atom is 0.258 e. The topological polar surface area (TPSA) is 66.7 Å². The van der Waals surface area contributed by atoms with E-state index in [-0.39, 0.29) is 11.3 Å². The van der Waals surface area contributed by atoms with Crippen molar-refractivity contribution in [3.63, 3.8) is 0 Å². The number of benzene rings is 2. The number of carbonyl (C=O) groups is 1. The van der Waals surface area contributed by atoms with Crippen LogP contribution in [0.25, 0.3) is 0 Å². The number of likely N-dealkylation sites (tertiary alicyclic amines) is 1. The van der Waals surface area contributed by atoms with Crippen LogP contribution >= 0.6 is 0 Å². The summed E-state index contributed by atoms with van der Waals surface area (Å²) in [7, 11) is 1.97. The van der Waals surface area contributed by atoms with Gasteiger partial charge in [0.25, 0.3) is 5.91 Å². The van der Waals surface area contributed by atoms with E-state index in [0.717, 1.165) is 73.3 Å². The normalized spacial score (nSPS) is 22.5. The monoisotopic (exact) mass is 526 g/mol. The van der Waals surface area contributed by atoms with E-state index >= 15 is 0 Å². The second kappa shape index (κ2) is 9.75. The van der Waals surface area contributed by atoms with E-state index < -0.39 is 0 Å². The van der Waals surface area contributed by atoms with Crippen LogP contribution in [-0.4, -0.2) is 65.0 Å². The number of piperidine rings is 1. The van der Waals surface area contributed by atoms with Gasteiger partial charge in [-0.3, -0.25) is 9.69 Å². The molecule has 3 saturated heterocycles. The van der Waals surface area contributed by atoms with Crippen LogP contribution < -0.4 is 9.80 Å². The minimum absolute atomic E-state index is 0.0965. The molecule has 1 amide bonds. The summed E-state index contributed by atoms with van der Waals surface area (Å²) < 4.78 is 7.66. The van der Waals surface area contributed by atoms with Crippen molar-refractivity contribution in [2.24, 2.45) is 13.0 Å². The van der Waals surface area contributed by atoms with E-state index in [1.54, 1.807) is 6.33 Å². The van der Waals surface area contributed by atoms with Gasteiger partial charge in [-0.25, -0.2) is 0 Å². The maximum atomic E-state index is 13.9. The van der Waals surface area contributed by atoms with Crippen molar-refractivity contribution >= 4 is 17.3 Å². The molecule has 4 aliphatic rings. The van der Waals surface area contributed by atoms with Gasteiger partial charge in [-0.05, 0) is 72.7 Å². The Morgan fingerprint density at radius 2 is 1.90 bits per heavy atom. The van der Waals surface area contributed by atoms with Crippen LogP contribution in [0.4, 0.5) is 11.4 Å². The Bertz CT molecular complexity index is 1390. The highest BCUT2D eigenvalue weighted by atomic mass is 16.5. The van der Waals surface area contributed by atoms with Gasteiger partial charge in [-0.1, -0.05) is 19.1 Å². The van der Waals surface area contributed by atoms with Gasteiger partial charge in [0.1, 0.15) is 12.2 Å². The number of hydrogen-bond donors (Lipinski definition) is 0. The molecule has 0 saturated carbocycles. The number of carbonyl (C=O) groups excluding carboxylic acids is 1. The largest absolute Gasteiger partial charge is 0.379 e. The number of amides is 1. The van der Waals surface area contributed by atoms with Crippen molar-refractivity contribution in [2.75, 3.05) is 49.2 Å². The first-order chi connectivity index (χ1) is 19.0. The fourth-order valence-electron chi connectivity index (χ4n) is 6.68. The average Bonchev–Trinajstić information content (AvgIpc) is 3.42. The van der Waals surface area contributed by atoms with Gasteiger partial charge in [-0.15, -0.1) is 10.2 Å². The SMILES string of the molecule is C[C@H]1CCCN(Cc2cc(N3CCC3)cc(N3Cc4ccc(C5(Cc6nncn6C)COC5)cc4C3=O)c2)C1. The molecule has 1 aromatic heterocycles. The standard InChI is InChI=1S/C31H38N6O2/c1-22-5-3-8-35(16-22)17-23-11-26(36-9-4-10-36)14-27(12-23)37-18-24-6-7-25(13-28(24)30(37)38)31(19-39-20-31)15-29-33-32-21-34(29)2/h6-7,11-14,21-22H,3-5,8-10,15-20H2,1-2H3/t22-/m0/s1. The van der Waals surface area contributed by atoms with Gasteiger partial charge in [0.15, 0.2) is 0 Å². The second-order valence-corrected chi connectivity index (χ2v) is 12.3. The molecule has 0 unspecified atom stereocenters. The lowest BCUT2D eigenvalue weighted by Crippen LogP contribution is -2.49. The quantitative estimate of drug-likeness (QED) is 0.465. The number of aromatic nitrogens is 3. The summed E-state index contributed by atoms with van der Waals surface area (Å²) in [5.41, 5.74) is 6.47. The number of anilines is 2. The lowest BCUT2D eigenvalue weighted by Gasteiger charge is -2.41. The third-order valence-electron chi connectivity index (χ3n) is 9.23. The second-order valence-electron chi connectivity index (χ2n) is 12.3. The Morgan fingerprint density at radius 3 is 2.59 bits per heavy atom. The van der Waals surface area contributed by atoms with Crippen LogP contribution in [0.2, 0.25) is 0 Å². The highest BCUT2D eigenvalue weighted by Crippen LogP contribution is 2.39. The van der Waals surface area contributed by atoms with Crippen LogP contribution in [-0.2, 0) is 36.7 Å². The zero-order valence-corrected chi connectivity index (χ0v) is 23.1. The molecule has 8 nitrogen and oxygen atoms in total. The number of fused-ring (bicyclic) bond motifs is 1. The molecular formula is C31H38N6O2. The van der Waals surface area contributed by atoms with Crippen molar-refractivity contribution in [1.82, 2.24) is 19.7 Å². The van der Waals surface area contributed by atoms with E-state index in [4.69, 9.17) is 4.74 Å². The lowest BCUT2D eigenvalue weighted by atomic mass is 9.75. The predicted octanol–water partition coefficient (Wildman–Crippen LogP) is 3.93. The summed E-state index contributed by atoms with van der Waals surface area (Å²) in [5.74, 6) is 1.78. The van der Waals surface area contributed by atoms with Crippen molar-refractivity contribution < 1.29 is 9.53 Å². The first-order valence-corrected chi connectivity index (χ1v) is 14.4. The van der Waals surface area contributed by atoms with Gasteiger partial charge in [0, 0.05) is 62.0 Å². The Hall–Kier alpha value is -3.23. The molecule has 5 heterocycles. The molecular weight excluding hydrogens is 488 g/mol. The van der Waals surface area contributed by atoms with Gasteiger partial charge in [0.05, 0.1) is 19.8 Å². The Labute approximate surface area is 230 Å². The van der Waals surface area contributed by atoms with E-state index in [1.807, 2.05) is 16.5 Å². The van der Waals surface area contributed by atoms with E-state index in [0.29, 0.717) is 19.8 Å². The fourth-order valence-corrected chi connectivity index (χ4v) is 6.68. The first-order valence-electron chi connectivity index (χ1n) is 14.4. The third kappa shape index (κ3) is 4.53. The number of aryl methyl sites for hydroxylation is 1. The molecule has 4 aliphatic heterocycles. The molecule has 8 heteroatoms. The van der Waals surface area contributed by atoms with Crippen LogP contribution in [0, 0.1) is 5.92 Å². The molecule has 2 aromatic carbocycles. The van der Waals surface area contributed by atoms with Gasteiger partial charge >= 0.3 is 0 Å². The van der Waals surface area contributed by atoms with Crippen LogP contribution in [0.15, 0.2) is 42.7 Å². The van der Waals surface area contributed by atoms with Crippen molar-refractivity contribution in [1.29, 1.82) is 0 Å². The molecule has 1 atom stereocenters. The average molecular weight is 527 g/mol. The van der Waals surface area contributed by atoms with Crippen molar-refractivity contribution in [2.45, 2.75) is 51.1 Å². The molecule has 0 bridgehead atoms. The minimum atomic E-state index is -0.167. The van der Waals surface area contributed by atoms with Crippen LogP contribution in [0.3, 0.4) is 0 Å². The number of hydrogen-bond acceptors (Lipinski definition) is 6. The highest BCUT2D eigenvalue weighted by Gasteiger charge is 2.43. The van der Waals surface area contributed by atoms with Gasteiger partial charge in [0.2, 0.25) is 0 Å². The lowest BCUT2D eigenvalue weighted by molar-refractivity contribution is -0.0611. The molecule has 204 valence electrons. The molecule has 39 heavy (non-hydrogen) atoms. The zero-order chi connectivity index (χ0) is 26.6. The Balaban J connectivity index is 1.17. The molecule has 0 radical (unpaired) electrons. The molecule has 0 N–H and O–H groups in total. The zero-order valence-electron chi connectivity index (χ0n) is 23.1. The van der Waals surface area contributed by atoms with E-state index in [2.05, 4.69) is 63.3 Å². The van der Waals surface area contributed by atoms with Crippen molar-refractivity contribution in [3.8, 4) is 0 Å². The van der Waals surface area contributed by atoms with E-state index in [9.17, 15) is 4.79 Å². The van der Waals surface area contributed by atoms with Crippen LogP contribution in [0.5, 0.6) is 0 Å². The maximum absolute atomic E-state index is 13.9. The Morgan fingerprint density at radius 1 is 1.05 bits per heavy atom. The summed E-state index contributed by atoms with van der Waals surface area (Å²) in [5, 5.41) is 8.36. The molecule has 0 aliphatic carbocycles. The van der Waals surface area contributed by atoms with Gasteiger partial charge < -0.3 is 19.1 Å². The third-order valence-corrected chi connectivity index (χ3v) is 9.23. The van der Waals surface area contributed by atoms with Crippen molar-refractivity contribution in [3.05, 3.63) is 70.8 Å². The van der Waals surface area contributed by atoms with Crippen LogP contribution in [0.1, 0.15) is 59.1 Å². The predicted molar refractivity (Wildman–Crippen MR) is 151 cm³/mol. The summed E-state index contributed by atoms with van der Waals surface area (Å²) >= 11 is 0. The molecule has 7 rings (SSSR count). The summed E-state index contributed by atoms with van der Waals surface area (Å²) in [4.78, 5) is 20.9. The summed E-state index contributed by atoms with van der Waals surface area (Å²) in [6.07, 6.45) is 6.31. The van der Waals surface area contributed by atoms with E-state index in [1.165, 1.54) is 30.5 Å². The fraction of sp³-hybridized carbons (Fsp3) is 0.516. The number of nitrogens with zero attached hydrogens (tertiary/aromatic N) is 6. The molecule has 3 fully saturated rings. The smallest absolute Gasteiger partial charge is 0.258 e. The number of ether oxygens (including phenoxy) is 1. The van der Waals surface area contributed by atoms with Gasteiger partial charge in [-0.2, -0.15) is 0 Å². The molecule has 3 aromatic rings.